The van der Waals surface area contributed by atoms with Crippen LogP contribution >= 0.6 is 11.6 Å². The van der Waals surface area contributed by atoms with Gasteiger partial charge in [-0.25, -0.2) is 8.78 Å². The number of hydrogen-bond donors (Lipinski definition) is 1. The van der Waals surface area contributed by atoms with Crippen molar-refractivity contribution in [3.05, 3.63) is 28.5 Å². The molecule has 0 bridgehead atoms. The monoisotopic (exact) mass is 206 g/mol. The number of aromatic nitrogens is 1. The number of pyridine rings is 1. The third kappa shape index (κ3) is 1.92. The van der Waals surface area contributed by atoms with Gasteiger partial charge < -0.3 is 5.73 Å². The molecule has 0 aliphatic rings. The minimum absolute atomic E-state index is 0.195. The molecule has 0 fully saturated rings. The van der Waals surface area contributed by atoms with Gasteiger partial charge in [0.25, 0.3) is 12.3 Å². The molecule has 13 heavy (non-hydrogen) atoms. The van der Waals surface area contributed by atoms with E-state index in [4.69, 9.17) is 17.3 Å². The van der Waals surface area contributed by atoms with Gasteiger partial charge in [0.15, 0.2) is 0 Å². The minimum Gasteiger partial charge on any atom is -0.366 e. The van der Waals surface area contributed by atoms with Crippen LogP contribution in [-0.4, -0.2) is 10.9 Å². The van der Waals surface area contributed by atoms with E-state index in [2.05, 4.69) is 4.98 Å². The molecule has 3 nitrogen and oxygen atoms in total. The summed E-state index contributed by atoms with van der Waals surface area (Å²) >= 11 is 5.48. The Hall–Kier alpha value is -1.23. The van der Waals surface area contributed by atoms with Crippen LogP contribution in [0.5, 0.6) is 0 Å². The van der Waals surface area contributed by atoms with E-state index < -0.39 is 17.9 Å². The molecule has 1 amide bonds. The molecule has 6 heteroatoms. The minimum atomic E-state index is -2.76. The Balaban J connectivity index is 3.26. The first-order valence-electron chi connectivity index (χ1n) is 3.25. The van der Waals surface area contributed by atoms with E-state index in [-0.39, 0.29) is 10.6 Å². The lowest BCUT2D eigenvalue weighted by atomic mass is 10.2. The molecule has 1 aromatic rings. The van der Waals surface area contributed by atoms with Crippen molar-refractivity contribution in [2.45, 2.75) is 6.43 Å². The van der Waals surface area contributed by atoms with Gasteiger partial charge in [0.2, 0.25) is 0 Å². The number of primary amides is 1. The van der Waals surface area contributed by atoms with Gasteiger partial charge in [-0.15, -0.1) is 0 Å². The molecule has 0 radical (unpaired) electrons. The van der Waals surface area contributed by atoms with E-state index in [0.29, 0.717) is 0 Å². The van der Waals surface area contributed by atoms with Crippen LogP contribution in [0.3, 0.4) is 0 Å². The third-order valence-electron chi connectivity index (χ3n) is 1.41. The Morgan fingerprint density at radius 1 is 1.54 bits per heavy atom. The van der Waals surface area contributed by atoms with Gasteiger partial charge in [0.1, 0.15) is 0 Å². The van der Waals surface area contributed by atoms with Crippen molar-refractivity contribution in [2.75, 3.05) is 0 Å². The van der Waals surface area contributed by atoms with Crippen LogP contribution in [0.2, 0.25) is 5.02 Å². The highest BCUT2D eigenvalue weighted by atomic mass is 35.5. The van der Waals surface area contributed by atoms with Gasteiger partial charge in [-0.3, -0.25) is 9.78 Å². The number of carbonyl (C=O) groups excluding carboxylic acids is 1. The molecule has 2 N–H and O–H groups in total. The number of alkyl halides is 2. The van der Waals surface area contributed by atoms with Crippen LogP contribution in [0.1, 0.15) is 22.3 Å². The summed E-state index contributed by atoms with van der Waals surface area (Å²) < 4.78 is 24.4. The highest BCUT2D eigenvalue weighted by Crippen LogP contribution is 2.28. The SMILES string of the molecule is NC(=O)c1cncc(C(F)F)c1Cl. The molecule has 1 rings (SSSR count). The standard InChI is InChI=1S/C7H5ClF2N2O/c8-5-3(6(9)10)1-12-2-4(5)7(11)13/h1-2,6H,(H2,11,13). The van der Waals surface area contributed by atoms with Gasteiger partial charge in [0, 0.05) is 12.4 Å². The van der Waals surface area contributed by atoms with Crippen molar-refractivity contribution in [1.29, 1.82) is 0 Å². The molecule has 0 aliphatic carbocycles. The zero-order valence-electron chi connectivity index (χ0n) is 6.30. The second-order valence-corrected chi connectivity index (χ2v) is 2.63. The molecule has 0 aliphatic heterocycles. The summed E-state index contributed by atoms with van der Waals surface area (Å²) in [5, 5.41) is -0.336. The van der Waals surface area contributed by atoms with E-state index in [1.807, 2.05) is 0 Å². The first-order valence-corrected chi connectivity index (χ1v) is 3.63. The molecule has 0 saturated carbocycles. The predicted octanol–water partition coefficient (Wildman–Crippen LogP) is 1.77. The molecule has 1 aromatic heterocycles. The maximum absolute atomic E-state index is 12.2. The van der Waals surface area contributed by atoms with Gasteiger partial charge in [-0.05, 0) is 0 Å². The van der Waals surface area contributed by atoms with Gasteiger partial charge in [-0.1, -0.05) is 11.6 Å². The van der Waals surface area contributed by atoms with E-state index in [1.165, 1.54) is 0 Å². The fourth-order valence-corrected chi connectivity index (χ4v) is 1.06. The van der Waals surface area contributed by atoms with E-state index in [9.17, 15) is 13.6 Å². The van der Waals surface area contributed by atoms with Crippen molar-refractivity contribution >= 4 is 17.5 Å². The average molecular weight is 207 g/mol. The van der Waals surface area contributed by atoms with Gasteiger partial charge in [-0.2, -0.15) is 0 Å². The zero-order valence-corrected chi connectivity index (χ0v) is 7.05. The van der Waals surface area contributed by atoms with Crippen LogP contribution in [0.25, 0.3) is 0 Å². The first-order chi connectivity index (χ1) is 6.04. The Kier molecular flexibility index (Phi) is 2.77. The number of hydrogen-bond acceptors (Lipinski definition) is 2. The maximum Gasteiger partial charge on any atom is 0.266 e. The lowest BCUT2D eigenvalue weighted by Gasteiger charge is -2.04. The Morgan fingerprint density at radius 2 is 2.15 bits per heavy atom. The molecule has 70 valence electrons. The summed E-state index contributed by atoms with van der Waals surface area (Å²) in [5.41, 5.74) is 4.19. The van der Waals surface area contributed by atoms with Crippen LogP contribution in [0, 0.1) is 0 Å². The highest BCUT2D eigenvalue weighted by molar-refractivity contribution is 6.34. The third-order valence-corrected chi connectivity index (χ3v) is 1.83. The number of nitrogens with zero attached hydrogens (tertiary/aromatic N) is 1. The summed E-state index contributed by atoms with van der Waals surface area (Å²) in [6.45, 7) is 0. The van der Waals surface area contributed by atoms with Crippen molar-refractivity contribution < 1.29 is 13.6 Å². The molecule has 0 aromatic carbocycles. The number of halogens is 3. The van der Waals surface area contributed by atoms with Crippen molar-refractivity contribution in [3.8, 4) is 0 Å². The van der Waals surface area contributed by atoms with Crippen LogP contribution in [0.15, 0.2) is 12.4 Å². The second kappa shape index (κ2) is 3.66. The number of rotatable bonds is 2. The number of carbonyl (C=O) groups is 1. The topological polar surface area (TPSA) is 56.0 Å². The van der Waals surface area contributed by atoms with Crippen LogP contribution < -0.4 is 5.73 Å². The molecular weight excluding hydrogens is 202 g/mol. The zero-order chi connectivity index (χ0) is 10.0. The van der Waals surface area contributed by atoms with Crippen molar-refractivity contribution in [3.63, 3.8) is 0 Å². The van der Waals surface area contributed by atoms with E-state index in [1.54, 1.807) is 0 Å². The summed E-state index contributed by atoms with van der Waals surface area (Å²) in [5.74, 6) is -0.875. The average Bonchev–Trinajstić information content (AvgIpc) is 2.03. The van der Waals surface area contributed by atoms with Gasteiger partial charge >= 0.3 is 0 Å². The molecule has 1 heterocycles. The summed E-state index contributed by atoms with van der Waals surface area (Å²) in [7, 11) is 0. The van der Waals surface area contributed by atoms with Crippen molar-refractivity contribution in [2.24, 2.45) is 5.73 Å². The molecule has 0 atom stereocenters. The Labute approximate surface area is 77.5 Å². The number of nitrogens with two attached hydrogens (primary N) is 1. The highest BCUT2D eigenvalue weighted by Gasteiger charge is 2.17. The van der Waals surface area contributed by atoms with E-state index in [0.717, 1.165) is 12.4 Å². The Bertz CT molecular complexity index is 343. The van der Waals surface area contributed by atoms with Crippen molar-refractivity contribution in [1.82, 2.24) is 4.98 Å². The predicted molar refractivity (Wildman–Crippen MR) is 42.7 cm³/mol. The molecule has 0 saturated heterocycles. The van der Waals surface area contributed by atoms with Crippen LogP contribution in [0.4, 0.5) is 8.78 Å². The van der Waals surface area contributed by atoms with Gasteiger partial charge in [0.05, 0.1) is 16.1 Å². The quantitative estimate of drug-likeness (QED) is 0.802. The Morgan fingerprint density at radius 3 is 2.62 bits per heavy atom. The normalized spacial score (nSPS) is 10.5. The smallest absolute Gasteiger partial charge is 0.266 e. The first kappa shape index (κ1) is 9.85. The van der Waals surface area contributed by atoms with Crippen LogP contribution in [-0.2, 0) is 0 Å². The second-order valence-electron chi connectivity index (χ2n) is 2.26. The maximum atomic E-state index is 12.2. The largest absolute Gasteiger partial charge is 0.366 e. The lowest BCUT2D eigenvalue weighted by Crippen LogP contribution is -2.12. The molecule has 0 spiro atoms. The number of amides is 1. The fraction of sp³-hybridized carbons (Fsp3) is 0.143. The lowest BCUT2D eigenvalue weighted by molar-refractivity contribution is 0.0999. The summed E-state index contributed by atoms with van der Waals surface area (Å²) in [6, 6.07) is 0. The fourth-order valence-electron chi connectivity index (χ4n) is 0.785. The summed E-state index contributed by atoms with van der Waals surface area (Å²) in [6.07, 6.45) is -0.810. The van der Waals surface area contributed by atoms with E-state index >= 15 is 0 Å². The summed E-state index contributed by atoms with van der Waals surface area (Å²) in [4.78, 5) is 14.1. The molecular formula is C7H5ClF2N2O. The molecule has 0 unspecified atom stereocenters.